The van der Waals surface area contributed by atoms with Crippen molar-refractivity contribution >= 4 is 33.0 Å². The highest BCUT2D eigenvalue weighted by atomic mass is 35.5. The lowest BCUT2D eigenvalue weighted by atomic mass is 10.2. The van der Waals surface area contributed by atoms with Crippen molar-refractivity contribution in [3.8, 4) is 0 Å². The zero-order valence-corrected chi connectivity index (χ0v) is 13.0. The van der Waals surface area contributed by atoms with E-state index in [0.717, 1.165) is 24.8 Å². The van der Waals surface area contributed by atoms with Gasteiger partial charge in [0.25, 0.3) is 10.0 Å². The van der Waals surface area contributed by atoms with Crippen LogP contribution in [0.1, 0.15) is 38.7 Å². The smallest absolute Gasteiger partial charge is 0.206 e. The van der Waals surface area contributed by atoms with Gasteiger partial charge < -0.3 is 0 Å². The highest BCUT2D eigenvalue weighted by molar-refractivity contribution is 7.91. The summed E-state index contributed by atoms with van der Waals surface area (Å²) in [5, 5.41) is 1.82. The molecule has 102 valence electrons. The number of hydrogen-bond donors (Lipinski definition) is 0. The molecule has 0 radical (unpaired) electrons. The second kappa shape index (κ2) is 5.49. The maximum absolute atomic E-state index is 12.6. The van der Waals surface area contributed by atoms with Crippen LogP contribution in [0.25, 0.3) is 0 Å². The predicted octanol–water partition coefficient (Wildman–Crippen LogP) is 3.44. The Balaban J connectivity index is 2.35. The molecule has 1 aliphatic heterocycles. The summed E-state index contributed by atoms with van der Waals surface area (Å²) in [4.78, 5) is 0. The first-order valence-electron chi connectivity index (χ1n) is 6.17. The molecule has 0 aliphatic carbocycles. The van der Waals surface area contributed by atoms with Gasteiger partial charge in [-0.1, -0.05) is 6.92 Å². The molecule has 18 heavy (non-hydrogen) atoms. The van der Waals surface area contributed by atoms with Crippen LogP contribution >= 0.6 is 22.9 Å². The Morgan fingerprint density at radius 2 is 2.22 bits per heavy atom. The van der Waals surface area contributed by atoms with Gasteiger partial charge in [0.15, 0.2) is 0 Å². The van der Waals surface area contributed by atoms with Crippen molar-refractivity contribution < 1.29 is 8.42 Å². The molecular formula is C12H18ClNO2S2. The van der Waals surface area contributed by atoms with E-state index in [1.165, 1.54) is 11.3 Å². The minimum absolute atomic E-state index is 0.0986. The first-order valence-corrected chi connectivity index (χ1v) is 9.03. The number of rotatable bonds is 4. The third-order valence-electron chi connectivity index (χ3n) is 3.50. The maximum Gasteiger partial charge on any atom is 0.253 e. The molecule has 2 heterocycles. The minimum Gasteiger partial charge on any atom is -0.206 e. The molecule has 0 aromatic carbocycles. The average Bonchev–Trinajstić information content (AvgIpc) is 2.95. The molecule has 1 fully saturated rings. The monoisotopic (exact) mass is 307 g/mol. The van der Waals surface area contributed by atoms with Crippen molar-refractivity contribution in [1.29, 1.82) is 0 Å². The fraction of sp³-hybridized carbons (Fsp3) is 0.667. The van der Waals surface area contributed by atoms with Crippen LogP contribution in [0.3, 0.4) is 0 Å². The minimum atomic E-state index is -3.35. The van der Waals surface area contributed by atoms with Gasteiger partial charge in [-0.15, -0.1) is 22.9 Å². The molecule has 1 aromatic rings. The van der Waals surface area contributed by atoms with E-state index >= 15 is 0 Å². The highest BCUT2D eigenvalue weighted by Gasteiger charge is 2.39. The summed E-state index contributed by atoms with van der Waals surface area (Å²) in [6, 6.07) is 1.94. The van der Waals surface area contributed by atoms with Crippen LogP contribution < -0.4 is 0 Å². The topological polar surface area (TPSA) is 37.4 Å². The van der Waals surface area contributed by atoms with Crippen molar-refractivity contribution in [2.24, 2.45) is 0 Å². The van der Waals surface area contributed by atoms with Crippen LogP contribution in [0.15, 0.2) is 15.7 Å². The number of hydrogen-bond acceptors (Lipinski definition) is 3. The second-order valence-electron chi connectivity index (χ2n) is 4.73. The summed E-state index contributed by atoms with van der Waals surface area (Å²) in [5.41, 5.74) is 0.875. The number of alkyl halides is 1. The van der Waals surface area contributed by atoms with Crippen LogP contribution in [0.2, 0.25) is 0 Å². The quantitative estimate of drug-likeness (QED) is 0.799. The maximum atomic E-state index is 12.6. The molecule has 0 saturated carbocycles. The number of nitrogens with zero attached hydrogens (tertiary/aromatic N) is 1. The molecule has 0 bridgehead atoms. The molecule has 2 unspecified atom stereocenters. The molecule has 1 aromatic heterocycles. The van der Waals surface area contributed by atoms with Gasteiger partial charge >= 0.3 is 0 Å². The summed E-state index contributed by atoms with van der Waals surface area (Å²) in [6.07, 6.45) is 2.79. The third kappa shape index (κ3) is 2.46. The van der Waals surface area contributed by atoms with E-state index in [9.17, 15) is 8.42 Å². The third-order valence-corrected chi connectivity index (χ3v) is 7.34. The molecule has 1 aliphatic rings. The van der Waals surface area contributed by atoms with Gasteiger partial charge in [-0.3, -0.25) is 0 Å². The van der Waals surface area contributed by atoms with E-state index in [2.05, 4.69) is 0 Å². The van der Waals surface area contributed by atoms with Crippen molar-refractivity contribution in [1.82, 2.24) is 4.31 Å². The zero-order chi connectivity index (χ0) is 13.3. The van der Waals surface area contributed by atoms with E-state index in [4.69, 9.17) is 11.6 Å². The fourth-order valence-electron chi connectivity index (χ4n) is 2.53. The largest absolute Gasteiger partial charge is 0.253 e. The first kappa shape index (κ1) is 14.3. The Bertz CT molecular complexity index is 512. The SMILES string of the molecule is CCC1CCC(C)N1S(=O)(=O)c1cc(CCl)cs1. The zero-order valence-electron chi connectivity index (χ0n) is 10.6. The summed E-state index contributed by atoms with van der Waals surface area (Å²) < 4.78 is 27.4. The normalized spacial score (nSPS) is 25.7. The summed E-state index contributed by atoms with van der Waals surface area (Å²) in [7, 11) is -3.35. The van der Waals surface area contributed by atoms with E-state index in [1.807, 2.05) is 19.2 Å². The fourth-order valence-corrected chi connectivity index (χ4v) is 6.03. The van der Waals surface area contributed by atoms with Gasteiger partial charge in [0, 0.05) is 18.0 Å². The molecule has 3 nitrogen and oxygen atoms in total. The van der Waals surface area contributed by atoms with Crippen molar-refractivity contribution in [2.45, 2.75) is 55.3 Å². The molecule has 1 saturated heterocycles. The average molecular weight is 308 g/mol. The lowest BCUT2D eigenvalue weighted by molar-refractivity contribution is 0.329. The Hall–Kier alpha value is -0.100. The standard InChI is InChI=1S/C12H18ClNO2S2/c1-3-11-5-4-9(2)14(11)18(15,16)12-6-10(7-13)8-17-12/h6,8-9,11H,3-5,7H2,1-2H3. The van der Waals surface area contributed by atoms with Gasteiger partial charge in [0.05, 0.1) is 0 Å². The van der Waals surface area contributed by atoms with E-state index < -0.39 is 10.0 Å². The summed E-state index contributed by atoms with van der Waals surface area (Å²) >= 11 is 7.00. The van der Waals surface area contributed by atoms with E-state index in [1.54, 1.807) is 10.4 Å². The molecule has 0 N–H and O–H groups in total. The Kier molecular flexibility index (Phi) is 4.36. The van der Waals surface area contributed by atoms with Crippen molar-refractivity contribution in [3.05, 3.63) is 17.0 Å². The first-order chi connectivity index (χ1) is 8.50. The van der Waals surface area contributed by atoms with Crippen LogP contribution in [0.5, 0.6) is 0 Å². The van der Waals surface area contributed by atoms with Crippen LogP contribution in [-0.4, -0.2) is 24.8 Å². The summed E-state index contributed by atoms with van der Waals surface area (Å²) in [6.45, 7) is 4.03. The molecular weight excluding hydrogens is 290 g/mol. The second-order valence-corrected chi connectivity index (χ2v) is 7.98. The summed E-state index contributed by atoms with van der Waals surface area (Å²) in [5.74, 6) is 0.360. The Morgan fingerprint density at radius 1 is 1.50 bits per heavy atom. The Morgan fingerprint density at radius 3 is 2.78 bits per heavy atom. The number of halogens is 1. The highest BCUT2D eigenvalue weighted by Crippen LogP contribution is 2.34. The van der Waals surface area contributed by atoms with Gasteiger partial charge in [-0.25, -0.2) is 8.42 Å². The van der Waals surface area contributed by atoms with Crippen molar-refractivity contribution in [2.75, 3.05) is 0 Å². The van der Waals surface area contributed by atoms with Crippen molar-refractivity contribution in [3.63, 3.8) is 0 Å². The molecule has 2 rings (SSSR count). The van der Waals surface area contributed by atoms with E-state index in [0.29, 0.717) is 10.1 Å². The van der Waals surface area contributed by atoms with Crippen LogP contribution in [0.4, 0.5) is 0 Å². The number of thiophene rings is 1. The lowest BCUT2D eigenvalue weighted by Crippen LogP contribution is -2.39. The van der Waals surface area contributed by atoms with Gasteiger partial charge in [-0.2, -0.15) is 4.31 Å². The number of sulfonamides is 1. The molecule has 0 amide bonds. The van der Waals surface area contributed by atoms with Crippen LogP contribution in [-0.2, 0) is 15.9 Å². The van der Waals surface area contributed by atoms with Gasteiger partial charge in [0.2, 0.25) is 0 Å². The van der Waals surface area contributed by atoms with Gasteiger partial charge in [-0.05, 0) is 43.2 Å². The molecule has 0 spiro atoms. The predicted molar refractivity (Wildman–Crippen MR) is 75.7 cm³/mol. The molecule has 2 atom stereocenters. The van der Waals surface area contributed by atoms with Gasteiger partial charge in [0.1, 0.15) is 4.21 Å². The Labute approximate surface area is 118 Å². The van der Waals surface area contributed by atoms with E-state index in [-0.39, 0.29) is 12.1 Å². The lowest BCUT2D eigenvalue weighted by Gasteiger charge is -2.26. The van der Waals surface area contributed by atoms with Crippen LogP contribution in [0, 0.1) is 0 Å². The molecule has 6 heteroatoms.